The fraction of sp³-hybridized carbons (Fsp3) is 0.550. The fourth-order valence-corrected chi connectivity index (χ4v) is 4.73. The first kappa shape index (κ1) is 18.4. The number of hydrogen-bond donors (Lipinski definition) is 2. The lowest BCUT2D eigenvalue weighted by atomic mass is 9.75. The summed E-state index contributed by atoms with van der Waals surface area (Å²) in [5.41, 5.74) is 7.45. The van der Waals surface area contributed by atoms with Crippen LogP contribution in [0, 0.1) is 11.8 Å². The number of fused-ring (bicyclic) bond motifs is 4. The summed E-state index contributed by atoms with van der Waals surface area (Å²) in [6.45, 7) is 3.81. The van der Waals surface area contributed by atoms with E-state index in [2.05, 4.69) is 20.5 Å². The minimum Gasteiger partial charge on any atom is -0.454 e. The number of carbonyl (C=O) groups excluding carboxylic acids is 1. The molecular weight excluding hydrogens is 372 g/mol. The van der Waals surface area contributed by atoms with Crippen LogP contribution in [0.5, 0.6) is 11.5 Å². The summed E-state index contributed by atoms with van der Waals surface area (Å²) in [4.78, 5) is 15.3. The van der Waals surface area contributed by atoms with Crippen LogP contribution in [0.1, 0.15) is 24.1 Å². The molecule has 0 spiro atoms. The molecule has 154 valence electrons. The van der Waals surface area contributed by atoms with Crippen molar-refractivity contribution >= 4 is 5.91 Å². The third-order valence-corrected chi connectivity index (χ3v) is 6.31. The normalized spacial score (nSPS) is 27.2. The maximum Gasteiger partial charge on any atom is 0.231 e. The number of piperidine rings is 3. The van der Waals surface area contributed by atoms with Gasteiger partial charge in [-0.05, 0) is 43.0 Å². The molecule has 9 nitrogen and oxygen atoms in total. The summed E-state index contributed by atoms with van der Waals surface area (Å²) in [5.74, 6) is 2.11. The predicted octanol–water partition coefficient (Wildman–Crippen LogP) is 0.492. The van der Waals surface area contributed by atoms with Gasteiger partial charge < -0.3 is 20.5 Å². The highest BCUT2D eigenvalue weighted by Crippen LogP contribution is 2.37. The van der Waals surface area contributed by atoms with Crippen molar-refractivity contribution in [3.63, 3.8) is 0 Å². The first-order valence-corrected chi connectivity index (χ1v) is 10.2. The molecule has 2 bridgehead atoms. The van der Waals surface area contributed by atoms with Crippen LogP contribution in [0.3, 0.4) is 0 Å². The Morgan fingerprint density at radius 1 is 1.31 bits per heavy atom. The molecule has 0 aliphatic carbocycles. The lowest BCUT2D eigenvalue weighted by Crippen LogP contribution is -2.58. The highest BCUT2D eigenvalue weighted by molar-refractivity contribution is 5.79. The van der Waals surface area contributed by atoms with Gasteiger partial charge in [-0.2, -0.15) is 0 Å². The predicted molar refractivity (Wildman–Crippen MR) is 104 cm³/mol. The lowest BCUT2D eigenvalue weighted by molar-refractivity contribution is -0.133. The number of carbonyl (C=O) groups is 1. The summed E-state index contributed by atoms with van der Waals surface area (Å²) < 4.78 is 12.6. The van der Waals surface area contributed by atoms with Crippen LogP contribution >= 0.6 is 0 Å². The largest absolute Gasteiger partial charge is 0.454 e. The van der Waals surface area contributed by atoms with Gasteiger partial charge in [0.1, 0.15) is 0 Å². The Morgan fingerprint density at radius 3 is 3.00 bits per heavy atom. The van der Waals surface area contributed by atoms with Gasteiger partial charge in [-0.1, -0.05) is 11.3 Å². The first-order chi connectivity index (χ1) is 14.2. The summed E-state index contributed by atoms with van der Waals surface area (Å²) in [6.07, 6.45) is 4.00. The number of nitrogens with one attached hydrogen (secondary N) is 1. The minimum absolute atomic E-state index is 0.0457. The third-order valence-electron chi connectivity index (χ3n) is 6.31. The zero-order valence-electron chi connectivity index (χ0n) is 16.3. The molecule has 6 rings (SSSR count). The molecule has 3 N–H and O–H groups in total. The van der Waals surface area contributed by atoms with Gasteiger partial charge in [0.2, 0.25) is 12.7 Å². The molecule has 1 amide bonds. The van der Waals surface area contributed by atoms with Gasteiger partial charge in [0, 0.05) is 31.9 Å². The Kier molecular flexibility index (Phi) is 4.84. The molecule has 4 atom stereocenters. The lowest BCUT2D eigenvalue weighted by Gasteiger charge is -2.49. The van der Waals surface area contributed by atoms with E-state index in [1.807, 2.05) is 29.1 Å². The smallest absolute Gasteiger partial charge is 0.231 e. The first-order valence-electron chi connectivity index (χ1n) is 10.2. The summed E-state index contributed by atoms with van der Waals surface area (Å²) >= 11 is 0. The number of aromatic nitrogens is 3. The van der Waals surface area contributed by atoms with E-state index >= 15 is 0 Å². The second-order valence-corrected chi connectivity index (χ2v) is 8.08. The Labute approximate surface area is 169 Å². The molecule has 5 heterocycles. The second kappa shape index (κ2) is 7.64. The highest BCUT2D eigenvalue weighted by atomic mass is 16.7. The van der Waals surface area contributed by atoms with Gasteiger partial charge in [0.25, 0.3) is 0 Å². The van der Waals surface area contributed by atoms with Crippen LogP contribution in [-0.4, -0.2) is 51.7 Å². The molecule has 1 unspecified atom stereocenters. The van der Waals surface area contributed by atoms with Crippen molar-refractivity contribution in [2.24, 2.45) is 17.6 Å². The Balaban J connectivity index is 1.17. The number of nitrogens with two attached hydrogens (primary N) is 1. The van der Waals surface area contributed by atoms with Crippen molar-refractivity contribution < 1.29 is 14.3 Å². The Hall–Kier alpha value is -2.65. The molecule has 4 aliphatic rings. The number of amides is 1. The van der Waals surface area contributed by atoms with Crippen LogP contribution in [0.2, 0.25) is 0 Å². The second-order valence-electron chi connectivity index (χ2n) is 8.08. The van der Waals surface area contributed by atoms with Crippen molar-refractivity contribution in [2.45, 2.75) is 38.5 Å². The fourth-order valence-electron chi connectivity index (χ4n) is 4.73. The zero-order chi connectivity index (χ0) is 19.8. The number of nitrogens with zero attached hydrogens (tertiary/aromatic N) is 4. The van der Waals surface area contributed by atoms with Gasteiger partial charge in [-0.25, -0.2) is 0 Å². The van der Waals surface area contributed by atoms with E-state index < -0.39 is 0 Å². The maximum atomic E-state index is 12.9. The highest BCUT2D eigenvalue weighted by Gasteiger charge is 2.43. The molecule has 3 fully saturated rings. The van der Waals surface area contributed by atoms with E-state index in [4.69, 9.17) is 15.2 Å². The monoisotopic (exact) mass is 398 g/mol. The van der Waals surface area contributed by atoms with Crippen molar-refractivity contribution in [1.29, 1.82) is 0 Å². The SMILES string of the molecule is NCc1cn(C[C@H]2C[C@H]3CCN2C[C@H]3C(=O)NCc2ccc3c(c2)OCO3)nn1. The number of rotatable bonds is 6. The Morgan fingerprint density at radius 2 is 2.21 bits per heavy atom. The molecule has 3 saturated heterocycles. The topological polar surface area (TPSA) is 108 Å². The molecule has 0 saturated carbocycles. The maximum absolute atomic E-state index is 12.9. The van der Waals surface area contributed by atoms with E-state index in [0.29, 0.717) is 25.0 Å². The summed E-state index contributed by atoms with van der Waals surface area (Å²) in [7, 11) is 0. The molecule has 4 aliphatic heterocycles. The summed E-state index contributed by atoms with van der Waals surface area (Å²) in [6, 6.07) is 6.19. The van der Waals surface area contributed by atoms with Gasteiger partial charge in [-0.3, -0.25) is 14.4 Å². The van der Waals surface area contributed by atoms with Crippen molar-refractivity contribution in [3.8, 4) is 11.5 Å². The van der Waals surface area contributed by atoms with Gasteiger partial charge >= 0.3 is 0 Å². The van der Waals surface area contributed by atoms with E-state index in [9.17, 15) is 4.79 Å². The van der Waals surface area contributed by atoms with E-state index in [1.165, 1.54) is 0 Å². The van der Waals surface area contributed by atoms with Gasteiger partial charge in [-0.15, -0.1) is 5.10 Å². The molecule has 0 radical (unpaired) electrons. The molecule has 1 aromatic heterocycles. The molecule has 2 aromatic rings. The number of hydrogen-bond acceptors (Lipinski definition) is 7. The number of benzene rings is 1. The molecule has 1 aromatic carbocycles. The van der Waals surface area contributed by atoms with Crippen LogP contribution in [0.15, 0.2) is 24.4 Å². The third kappa shape index (κ3) is 3.67. The Bertz CT molecular complexity index is 900. The van der Waals surface area contributed by atoms with Crippen molar-refractivity contribution in [2.75, 3.05) is 19.9 Å². The molecule has 9 heteroatoms. The van der Waals surface area contributed by atoms with Crippen LogP contribution in [0.4, 0.5) is 0 Å². The van der Waals surface area contributed by atoms with Crippen LogP contribution < -0.4 is 20.5 Å². The van der Waals surface area contributed by atoms with Crippen LogP contribution in [0.25, 0.3) is 0 Å². The summed E-state index contributed by atoms with van der Waals surface area (Å²) in [5, 5.41) is 11.4. The molecule has 29 heavy (non-hydrogen) atoms. The zero-order valence-corrected chi connectivity index (χ0v) is 16.3. The van der Waals surface area contributed by atoms with Crippen molar-refractivity contribution in [1.82, 2.24) is 25.2 Å². The minimum atomic E-state index is 0.0457. The standard InChI is InChI=1S/C20H26N6O3/c21-7-15-9-26(24-23-15)10-16-6-14-3-4-25(16)11-17(14)20(27)22-8-13-1-2-18-19(5-13)29-12-28-18/h1-2,5,9,14,16-17H,3-4,6-8,10-12,21H2,(H,22,27)/t14-,16-,17-/m1/s1. The average molecular weight is 398 g/mol. The van der Waals surface area contributed by atoms with Crippen molar-refractivity contribution in [3.05, 3.63) is 35.7 Å². The van der Waals surface area contributed by atoms with E-state index in [1.54, 1.807) is 0 Å². The van der Waals surface area contributed by atoms with E-state index in [-0.39, 0.29) is 18.6 Å². The molecular formula is C20H26N6O3. The quantitative estimate of drug-likeness (QED) is 0.729. The van der Waals surface area contributed by atoms with E-state index in [0.717, 1.165) is 55.2 Å². The van der Waals surface area contributed by atoms with Gasteiger partial charge in [0.05, 0.1) is 18.2 Å². The van der Waals surface area contributed by atoms with Gasteiger partial charge in [0.15, 0.2) is 11.5 Å². The van der Waals surface area contributed by atoms with Crippen LogP contribution in [-0.2, 0) is 24.4 Å². The average Bonchev–Trinajstić information content (AvgIpc) is 3.41. The number of ether oxygens (including phenoxy) is 2.